The number of nitrogen functional groups attached to an aromatic ring is 1. The third kappa shape index (κ3) is 2.47. The van der Waals surface area contributed by atoms with Gasteiger partial charge in [0.1, 0.15) is 12.1 Å². The second-order valence-corrected chi connectivity index (χ2v) is 4.48. The van der Waals surface area contributed by atoms with Gasteiger partial charge in [-0.25, -0.2) is 4.98 Å². The first-order chi connectivity index (χ1) is 8.81. The molecule has 0 spiro atoms. The van der Waals surface area contributed by atoms with E-state index < -0.39 is 0 Å². The van der Waals surface area contributed by atoms with E-state index >= 15 is 0 Å². The smallest absolute Gasteiger partial charge is 0.221 e. The molecule has 1 unspecified atom stereocenters. The fourth-order valence-electron chi connectivity index (χ4n) is 2.11. The van der Waals surface area contributed by atoms with E-state index in [-0.39, 0.29) is 6.10 Å². The van der Waals surface area contributed by atoms with E-state index in [1.54, 1.807) is 12.1 Å². The fraction of sp³-hybridized carbons (Fsp3) is 0.462. The number of hydrogen-bond acceptors (Lipinski definition) is 5. The molecule has 96 valence electrons. The van der Waals surface area contributed by atoms with Crippen LogP contribution in [0.25, 0.3) is 11.1 Å². The molecule has 1 aromatic heterocycles. The van der Waals surface area contributed by atoms with Crippen LogP contribution in [0.1, 0.15) is 18.7 Å². The monoisotopic (exact) mass is 248 g/mol. The largest absolute Gasteiger partial charge is 0.438 e. The molecule has 5 nitrogen and oxygen atoms in total. The van der Waals surface area contributed by atoms with E-state index in [1.165, 1.54) is 0 Å². The number of nitrogens with two attached hydrogens (primary N) is 1. The zero-order valence-electron chi connectivity index (χ0n) is 10.1. The summed E-state index contributed by atoms with van der Waals surface area (Å²) in [5.41, 5.74) is 7.87. The van der Waals surface area contributed by atoms with E-state index in [0.717, 1.165) is 30.5 Å². The van der Waals surface area contributed by atoms with E-state index in [2.05, 4.69) is 4.98 Å². The van der Waals surface area contributed by atoms with Gasteiger partial charge in [-0.15, -0.1) is 0 Å². The molecule has 3 rings (SSSR count). The van der Waals surface area contributed by atoms with Crippen molar-refractivity contribution in [2.24, 2.45) is 0 Å². The van der Waals surface area contributed by atoms with Gasteiger partial charge in [0, 0.05) is 12.3 Å². The SMILES string of the molecule is Nc1ccc2oc(COCC3CCCO3)nc2c1. The summed E-state index contributed by atoms with van der Waals surface area (Å²) in [6, 6.07) is 5.41. The Hall–Kier alpha value is -1.59. The quantitative estimate of drug-likeness (QED) is 0.839. The average molecular weight is 248 g/mol. The van der Waals surface area contributed by atoms with E-state index in [4.69, 9.17) is 19.6 Å². The third-order valence-corrected chi connectivity index (χ3v) is 3.01. The van der Waals surface area contributed by atoms with Crippen molar-refractivity contribution in [3.05, 3.63) is 24.1 Å². The second kappa shape index (κ2) is 4.96. The Morgan fingerprint density at radius 2 is 2.39 bits per heavy atom. The maximum Gasteiger partial charge on any atom is 0.221 e. The van der Waals surface area contributed by atoms with Gasteiger partial charge >= 0.3 is 0 Å². The Balaban J connectivity index is 1.60. The molecule has 1 aliphatic rings. The van der Waals surface area contributed by atoms with Crippen LogP contribution in [0.4, 0.5) is 5.69 Å². The van der Waals surface area contributed by atoms with Crippen LogP contribution in [-0.2, 0) is 16.1 Å². The molecule has 2 aromatic rings. The zero-order valence-corrected chi connectivity index (χ0v) is 10.1. The van der Waals surface area contributed by atoms with Gasteiger partial charge in [-0.2, -0.15) is 0 Å². The zero-order chi connectivity index (χ0) is 12.4. The van der Waals surface area contributed by atoms with Crippen molar-refractivity contribution in [1.82, 2.24) is 4.98 Å². The van der Waals surface area contributed by atoms with Crippen LogP contribution in [0.2, 0.25) is 0 Å². The highest BCUT2D eigenvalue weighted by Gasteiger charge is 2.16. The van der Waals surface area contributed by atoms with Crippen molar-refractivity contribution >= 4 is 16.8 Å². The highest BCUT2D eigenvalue weighted by Crippen LogP contribution is 2.19. The lowest BCUT2D eigenvalue weighted by atomic mass is 10.2. The number of nitrogens with zero attached hydrogens (tertiary/aromatic N) is 1. The standard InChI is InChI=1S/C13H16N2O3/c14-9-3-4-12-11(6-9)15-13(18-12)8-16-7-10-2-1-5-17-10/h3-4,6,10H,1-2,5,7-8,14H2. The molecule has 1 fully saturated rings. The normalized spacial score (nSPS) is 19.7. The van der Waals surface area contributed by atoms with Crippen LogP contribution in [0.5, 0.6) is 0 Å². The molecule has 1 saturated heterocycles. The van der Waals surface area contributed by atoms with Crippen molar-refractivity contribution in [3.63, 3.8) is 0 Å². The molecule has 2 heterocycles. The van der Waals surface area contributed by atoms with Crippen molar-refractivity contribution in [2.75, 3.05) is 18.9 Å². The van der Waals surface area contributed by atoms with Gasteiger partial charge in [0.15, 0.2) is 5.58 Å². The summed E-state index contributed by atoms with van der Waals surface area (Å²) in [4.78, 5) is 4.33. The molecule has 0 amide bonds. The number of fused-ring (bicyclic) bond motifs is 1. The highest BCUT2D eigenvalue weighted by atomic mass is 16.5. The first-order valence-corrected chi connectivity index (χ1v) is 6.15. The van der Waals surface area contributed by atoms with E-state index in [1.807, 2.05) is 6.07 Å². The summed E-state index contributed by atoms with van der Waals surface area (Å²) in [6.45, 7) is 1.81. The number of oxazole rings is 1. The maximum atomic E-state index is 5.69. The number of aromatic nitrogens is 1. The molecule has 1 aliphatic heterocycles. The summed E-state index contributed by atoms with van der Waals surface area (Å²) in [7, 11) is 0. The molecule has 0 saturated carbocycles. The van der Waals surface area contributed by atoms with Crippen LogP contribution in [0.15, 0.2) is 22.6 Å². The van der Waals surface area contributed by atoms with Gasteiger partial charge in [0.25, 0.3) is 0 Å². The Morgan fingerprint density at radius 3 is 3.22 bits per heavy atom. The molecular weight excluding hydrogens is 232 g/mol. The van der Waals surface area contributed by atoms with Gasteiger partial charge in [-0.05, 0) is 31.0 Å². The lowest BCUT2D eigenvalue weighted by Gasteiger charge is -2.08. The lowest BCUT2D eigenvalue weighted by Crippen LogP contribution is -2.13. The minimum Gasteiger partial charge on any atom is -0.438 e. The van der Waals surface area contributed by atoms with Crippen molar-refractivity contribution < 1.29 is 13.9 Å². The average Bonchev–Trinajstić information content (AvgIpc) is 2.97. The van der Waals surface area contributed by atoms with E-state index in [0.29, 0.717) is 24.8 Å². The predicted octanol–water partition coefficient (Wildman–Crippen LogP) is 2.11. The number of rotatable bonds is 4. The topological polar surface area (TPSA) is 70.5 Å². The minimum absolute atomic E-state index is 0.227. The van der Waals surface area contributed by atoms with Crippen molar-refractivity contribution in [2.45, 2.75) is 25.6 Å². The molecule has 0 radical (unpaired) electrons. The Labute approximate surface area is 105 Å². The van der Waals surface area contributed by atoms with Crippen LogP contribution < -0.4 is 5.73 Å². The number of ether oxygens (including phenoxy) is 2. The first kappa shape index (κ1) is 11.5. The molecule has 5 heteroatoms. The van der Waals surface area contributed by atoms with Crippen LogP contribution >= 0.6 is 0 Å². The van der Waals surface area contributed by atoms with Crippen molar-refractivity contribution in [3.8, 4) is 0 Å². The molecule has 2 N–H and O–H groups in total. The van der Waals surface area contributed by atoms with Crippen molar-refractivity contribution in [1.29, 1.82) is 0 Å². The summed E-state index contributed by atoms with van der Waals surface area (Å²) in [5.74, 6) is 0.577. The fourth-order valence-corrected chi connectivity index (χ4v) is 2.11. The maximum absolute atomic E-state index is 5.69. The van der Waals surface area contributed by atoms with Crippen LogP contribution in [0.3, 0.4) is 0 Å². The Bertz CT molecular complexity index is 532. The minimum atomic E-state index is 0.227. The second-order valence-electron chi connectivity index (χ2n) is 4.48. The van der Waals surface area contributed by atoms with Gasteiger partial charge in [0.05, 0.1) is 12.7 Å². The summed E-state index contributed by atoms with van der Waals surface area (Å²) in [6.07, 6.45) is 2.42. The predicted molar refractivity (Wildman–Crippen MR) is 67.1 cm³/mol. The molecule has 1 atom stereocenters. The molecule has 0 aliphatic carbocycles. The summed E-state index contributed by atoms with van der Waals surface area (Å²) < 4.78 is 16.6. The molecule has 1 aromatic carbocycles. The van der Waals surface area contributed by atoms with Crippen LogP contribution in [-0.4, -0.2) is 24.3 Å². The van der Waals surface area contributed by atoms with Gasteiger partial charge in [-0.3, -0.25) is 0 Å². The van der Waals surface area contributed by atoms with Crippen LogP contribution in [0, 0.1) is 0 Å². The van der Waals surface area contributed by atoms with Gasteiger partial charge < -0.3 is 19.6 Å². The van der Waals surface area contributed by atoms with Gasteiger partial charge in [0.2, 0.25) is 5.89 Å². The molecular formula is C13H16N2O3. The number of hydrogen-bond donors (Lipinski definition) is 1. The first-order valence-electron chi connectivity index (χ1n) is 6.15. The number of anilines is 1. The third-order valence-electron chi connectivity index (χ3n) is 3.01. The Morgan fingerprint density at radius 1 is 1.44 bits per heavy atom. The Kier molecular flexibility index (Phi) is 3.17. The molecule has 0 bridgehead atoms. The summed E-state index contributed by atoms with van der Waals surface area (Å²) >= 11 is 0. The van der Waals surface area contributed by atoms with E-state index in [9.17, 15) is 0 Å². The highest BCUT2D eigenvalue weighted by molar-refractivity contribution is 5.76. The number of benzene rings is 1. The summed E-state index contributed by atoms with van der Waals surface area (Å²) in [5, 5.41) is 0. The van der Waals surface area contributed by atoms with Gasteiger partial charge in [-0.1, -0.05) is 0 Å². The lowest BCUT2D eigenvalue weighted by molar-refractivity contribution is 0.00489. The molecule has 18 heavy (non-hydrogen) atoms.